The second kappa shape index (κ2) is 4.35. The van der Waals surface area contributed by atoms with Crippen LogP contribution < -0.4 is 5.56 Å². The monoisotopic (exact) mass is 249 g/mol. The Balaban J connectivity index is 2.34. The van der Waals surface area contributed by atoms with Crippen molar-refractivity contribution in [1.29, 1.82) is 5.39 Å². The summed E-state index contributed by atoms with van der Waals surface area (Å²) in [5, 5.41) is 8.97. The van der Waals surface area contributed by atoms with Crippen LogP contribution >= 0.6 is 0 Å². The molecule has 90 valence electrons. The number of para-hydroxylation sites is 2. The lowest BCUT2D eigenvalue weighted by atomic mass is 10.1. The van der Waals surface area contributed by atoms with Crippen molar-refractivity contribution in [3.8, 4) is 11.3 Å². The van der Waals surface area contributed by atoms with Crippen LogP contribution in [0.3, 0.4) is 0 Å². The van der Waals surface area contributed by atoms with Gasteiger partial charge in [0.25, 0.3) is 5.56 Å². The molecule has 19 heavy (non-hydrogen) atoms. The first-order chi connectivity index (χ1) is 9.29. The van der Waals surface area contributed by atoms with E-state index in [-0.39, 0.29) is 11.3 Å². The molecular weight excluding hydrogens is 240 g/mol. The largest absolute Gasteiger partial charge is 0.394 e. The van der Waals surface area contributed by atoms with Crippen molar-refractivity contribution >= 4 is 16.7 Å². The minimum absolute atomic E-state index is 0.243. The number of H-pyrrole nitrogens is 1. The van der Waals surface area contributed by atoms with Crippen LogP contribution in [-0.4, -0.2) is 9.97 Å². The molecule has 0 radical (unpaired) electrons. The van der Waals surface area contributed by atoms with Crippen molar-refractivity contribution in [2.24, 2.45) is 0 Å². The topological polar surface area (TPSA) is 73.9 Å². The van der Waals surface area contributed by atoms with E-state index in [4.69, 9.17) is 5.39 Å². The molecular formula is C14H9N4O+. The molecule has 0 saturated heterocycles. The molecule has 0 unspecified atom stereocenters. The van der Waals surface area contributed by atoms with E-state index < -0.39 is 0 Å². The van der Waals surface area contributed by atoms with Crippen molar-refractivity contribution in [3.63, 3.8) is 0 Å². The van der Waals surface area contributed by atoms with Gasteiger partial charge in [-0.05, 0) is 18.2 Å². The third kappa shape index (κ3) is 1.85. The Hall–Kier alpha value is -3.00. The Kier molecular flexibility index (Phi) is 2.54. The van der Waals surface area contributed by atoms with Gasteiger partial charge >= 0.3 is 5.69 Å². The van der Waals surface area contributed by atoms with Gasteiger partial charge in [-0.25, -0.2) is 4.98 Å². The van der Waals surface area contributed by atoms with Crippen LogP contribution in [0.5, 0.6) is 0 Å². The highest BCUT2D eigenvalue weighted by molar-refractivity contribution is 5.81. The van der Waals surface area contributed by atoms with Crippen LogP contribution in [0.4, 0.5) is 5.69 Å². The standard InChI is InChI=1S/C14H8N4O/c15-18-10-6-2-1-5-9(10)13-14(19)17-12-8-4-3-7-11(12)16-13/h1-8H/p+1. The van der Waals surface area contributed by atoms with E-state index in [1.165, 1.54) is 0 Å². The van der Waals surface area contributed by atoms with Gasteiger partial charge in [-0.15, -0.1) is 0 Å². The van der Waals surface area contributed by atoms with Gasteiger partial charge in [0.05, 0.1) is 11.0 Å². The number of diazo groups is 1. The third-order valence-corrected chi connectivity index (χ3v) is 2.87. The van der Waals surface area contributed by atoms with E-state index in [0.717, 1.165) is 0 Å². The molecule has 3 aromatic rings. The second-order valence-corrected chi connectivity index (χ2v) is 4.05. The summed E-state index contributed by atoms with van der Waals surface area (Å²) in [5.74, 6) is 0. The summed E-state index contributed by atoms with van der Waals surface area (Å²) in [4.78, 5) is 22.3. The SMILES string of the molecule is N#[N+]c1ccccc1-c1nc2ccccc2[nH]c1=O. The molecule has 1 aromatic heterocycles. The van der Waals surface area contributed by atoms with Crippen molar-refractivity contribution < 1.29 is 0 Å². The Bertz CT molecular complexity index is 861. The highest BCUT2D eigenvalue weighted by atomic mass is 16.1. The summed E-state index contributed by atoms with van der Waals surface area (Å²) in [6.45, 7) is 0. The van der Waals surface area contributed by atoms with Gasteiger partial charge in [0.2, 0.25) is 5.39 Å². The number of aromatic nitrogens is 2. The quantitative estimate of drug-likeness (QED) is 0.673. The van der Waals surface area contributed by atoms with Crippen molar-refractivity contribution in [2.75, 3.05) is 0 Å². The Morgan fingerprint density at radius 3 is 2.63 bits per heavy atom. The molecule has 0 spiro atoms. The highest BCUT2D eigenvalue weighted by Gasteiger charge is 2.18. The van der Waals surface area contributed by atoms with E-state index in [1.54, 1.807) is 30.3 Å². The van der Waals surface area contributed by atoms with Crippen LogP contribution in [0.2, 0.25) is 0 Å². The molecule has 2 aromatic carbocycles. The molecule has 0 amide bonds. The zero-order valence-electron chi connectivity index (χ0n) is 9.87. The number of hydrogen-bond donors (Lipinski definition) is 1. The fraction of sp³-hybridized carbons (Fsp3) is 0. The summed E-state index contributed by atoms with van der Waals surface area (Å²) in [6, 6.07) is 14.1. The molecule has 1 N–H and O–H groups in total. The summed E-state index contributed by atoms with van der Waals surface area (Å²) in [7, 11) is 0. The van der Waals surface area contributed by atoms with Crippen LogP contribution in [0.1, 0.15) is 0 Å². The lowest BCUT2D eigenvalue weighted by molar-refractivity contribution is 1.22. The average molecular weight is 249 g/mol. The predicted molar refractivity (Wildman–Crippen MR) is 72.5 cm³/mol. The number of nitrogens with zero attached hydrogens (tertiary/aromatic N) is 3. The summed E-state index contributed by atoms with van der Waals surface area (Å²) in [6.07, 6.45) is 0. The fourth-order valence-electron chi connectivity index (χ4n) is 1.97. The van der Waals surface area contributed by atoms with Crippen LogP contribution in [0.15, 0.2) is 53.3 Å². The average Bonchev–Trinajstić information content (AvgIpc) is 2.46. The minimum Gasteiger partial charge on any atom is -0.319 e. The van der Waals surface area contributed by atoms with Crippen LogP contribution in [0, 0.1) is 5.39 Å². The number of rotatable bonds is 1. The molecule has 0 saturated carbocycles. The van der Waals surface area contributed by atoms with Gasteiger partial charge < -0.3 is 4.98 Å². The first kappa shape index (κ1) is 11.1. The number of nitrogens with one attached hydrogen (secondary N) is 1. The molecule has 0 aliphatic heterocycles. The first-order valence-electron chi connectivity index (χ1n) is 5.73. The van der Waals surface area contributed by atoms with E-state index in [0.29, 0.717) is 22.3 Å². The normalized spacial score (nSPS) is 10.3. The van der Waals surface area contributed by atoms with Crippen molar-refractivity contribution in [1.82, 2.24) is 9.97 Å². The molecule has 5 nitrogen and oxygen atoms in total. The maximum atomic E-state index is 12.1. The molecule has 0 aliphatic rings. The van der Waals surface area contributed by atoms with Gasteiger partial charge in [0.1, 0.15) is 11.3 Å². The van der Waals surface area contributed by atoms with E-state index >= 15 is 0 Å². The smallest absolute Gasteiger partial charge is 0.319 e. The van der Waals surface area contributed by atoms with Crippen molar-refractivity contribution in [2.45, 2.75) is 0 Å². The zero-order valence-corrected chi connectivity index (χ0v) is 9.87. The number of fused-ring (bicyclic) bond motifs is 1. The minimum atomic E-state index is -0.310. The Morgan fingerprint density at radius 1 is 1.05 bits per heavy atom. The zero-order chi connectivity index (χ0) is 13.2. The maximum Gasteiger partial charge on any atom is 0.394 e. The maximum absolute atomic E-state index is 12.1. The molecule has 0 aliphatic carbocycles. The number of hydrogen-bond acceptors (Lipinski definition) is 3. The molecule has 0 atom stereocenters. The van der Waals surface area contributed by atoms with E-state index in [9.17, 15) is 4.79 Å². The predicted octanol–water partition coefficient (Wildman–Crippen LogP) is 3.07. The van der Waals surface area contributed by atoms with Crippen LogP contribution in [-0.2, 0) is 0 Å². The molecule has 0 fully saturated rings. The number of benzene rings is 2. The van der Waals surface area contributed by atoms with E-state index in [1.807, 2.05) is 18.2 Å². The van der Waals surface area contributed by atoms with Gasteiger partial charge in [-0.1, -0.05) is 24.3 Å². The molecule has 3 rings (SSSR count). The van der Waals surface area contributed by atoms with Gasteiger partial charge in [-0.2, -0.15) is 0 Å². The van der Waals surface area contributed by atoms with Gasteiger partial charge in [-0.3, -0.25) is 4.79 Å². The van der Waals surface area contributed by atoms with Gasteiger partial charge in [0.15, 0.2) is 4.98 Å². The van der Waals surface area contributed by atoms with Gasteiger partial charge in [0, 0.05) is 6.07 Å². The molecule has 5 heteroatoms. The summed E-state index contributed by atoms with van der Waals surface area (Å²) < 4.78 is 0. The van der Waals surface area contributed by atoms with Crippen molar-refractivity contribution in [3.05, 3.63) is 63.9 Å². The highest BCUT2D eigenvalue weighted by Crippen LogP contribution is 2.26. The fourth-order valence-corrected chi connectivity index (χ4v) is 1.97. The van der Waals surface area contributed by atoms with E-state index in [2.05, 4.69) is 14.9 Å². The lowest BCUT2D eigenvalue weighted by Gasteiger charge is -2.00. The third-order valence-electron chi connectivity index (χ3n) is 2.87. The Labute approximate surface area is 108 Å². The summed E-state index contributed by atoms with van der Waals surface area (Å²) in [5.41, 5.74) is 2.11. The second-order valence-electron chi connectivity index (χ2n) is 4.05. The Morgan fingerprint density at radius 2 is 1.79 bits per heavy atom. The molecule has 0 bridgehead atoms. The summed E-state index contributed by atoms with van der Waals surface area (Å²) >= 11 is 0. The molecule has 1 heterocycles. The van der Waals surface area contributed by atoms with Crippen LogP contribution in [0.25, 0.3) is 27.3 Å². The first-order valence-corrected chi connectivity index (χ1v) is 5.73. The lowest BCUT2D eigenvalue weighted by Crippen LogP contribution is -2.11. The number of aromatic amines is 1.